The Morgan fingerprint density at radius 2 is 2.05 bits per heavy atom. The molecule has 0 heterocycles. The van der Waals surface area contributed by atoms with E-state index in [1.54, 1.807) is 6.07 Å². The molecule has 6 nitrogen and oxygen atoms in total. The first-order valence-electron chi connectivity index (χ1n) is 6.15. The molecule has 0 aliphatic heterocycles. The number of nitrogens with one attached hydrogen (secondary N) is 1. The Morgan fingerprint density at radius 3 is 2.58 bits per heavy atom. The minimum Gasteiger partial charge on any atom is -0.504 e. The summed E-state index contributed by atoms with van der Waals surface area (Å²) in [5.41, 5.74) is 6.41. The second-order valence-electron chi connectivity index (χ2n) is 4.43. The summed E-state index contributed by atoms with van der Waals surface area (Å²) < 4.78 is 0. The van der Waals surface area contributed by atoms with Crippen LogP contribution in [0.1, 0.15) is 18.9 Å². The molecule has 0 bridgehead atoms. The molecule has 0 unspecified atom stereocenters. The van der Waals surface area contributed by atoms with Crippen molar-refractivity contribution in [2.24, 2.45) is 5.73 Å². The molecule has 19 heavy (non-hydrogen) atoms. The Bertz CT molecular complexity index is 433. The summed E-state index contributed by atoms with van der Waals surface area (Å²) in [4.78, 5) is 11.8. The second-order valence-corrected chi connectivity index (χ2v) is 4.43. The standard InChI is InChI=1S/C13H20N2O4/c1-2-9(7-16)15-13(19)10(14)5-8-3-4-11(17)12(18)6-8/h3-4,6,9-10,16-18H,2,5,7,14H2,1H3,(H,15,19)/t9-,10+/m1/s1. The normalized spacial score (nSPS) is 13.8. The van der Waals surface area contributed by atoms with Crippen molar-refractivity contribution in [1.29, 1.82) is 0 Å². The molecule has 0 fully saturated rings. The molecule has 1 amide bonds. The van der Waals surface area contributed by atoms with Crippen LogP contribution >= 0.6 is 0 Å². The maximum Gasteiger partial charge on any atom is 0.237 e. The number of amides is 1. The molecule has 0 saturated heterocycles. The van der Waals surface area contributed by atoms with Crippen LogP contribution in [0.4, 0.5) is 0 Å². The van der Waals surface area contributed by atoms with Gasteiger partial charge in [-0.25, -0.2) is 0 Å². The van der Waals surface area contributed by atoms with Crippen LogP contribution in [-0.4, -0.2) is 39.9 Å². The van der Waals surface area contributed by atoms with Crippen molar-refractivity contribution in [1.82, 2.24) is 5.32 Å². The van der Waals surface area contributed by atoms with Gasteiger partial charge >= 0.3 is 0 Å². The van der Waals surface area contributed by atoms with Gasteiger partial charge in [-0.3, -0.25) is 4.79 Å². The number of hydrogen-bond acceptors (Lipinski definition) is 5. The van der Waals surface area contributed by atoms with E-state index in [4.69, 9.17) is 10.8 Å². The van der Waals surface area contributed by atoms with E-state index in [0.717, 1.165) is 0 Å². The zero-order chi connectivity index (χ0) is 14.4. The molecule has 2 atom stereocenters. The maximum atomic E-state index is 11.8. The first-order chi connectivity index (χ1) is 8.97. The lowest BCUT2D eigenvalue weighted by Crippen LogP contribution is -2.47. The Kier molecular flexibility index (Phi) is 5.59. The summed E-state index contributed by atoms with van der Waals surface area (Å²) >= 11 is 0. The zero-order valence-corrected chi connectivity index (χ0v) is 10.8. The van der Waals surface area contributed by atoms with E-state index < -0.39 is 6.04 Å². The fraction of sp³-hybridized carbons (Fsp3) is 0.462. The van der Waals surface area contributed by atoms with Gasteiger partial charge in [-0.2, -0.15) is 0 Å². The van der Waals surface area contributed by atoms with E-state index in [2.05, 4.69) is 5.32 Å². The maximum absolute atomic E-state index is 11.8. The SMILES string of the molecule is CC[C@H](CO)NC(=O)[C@@H](N)Cc1ccc(O)c(O)c1. The van der Waals surface area contributed by atoms with Crippen LogP contribution in [0, 0.1) is 0 Å². The Hall–Kier alpha value is -1.79. The summed E-state index contributed by atoms with van der Waals surface area (Å²) in [5, 5.41) is 30.2. The van der Waals surface area contributed by atoms with Gasteiger partial charge in [0, 0.05) is 0 Å². The van der Waals surface area contributed by atoms with E-state index in [9.17, 15) is 15.0 Å². The van der Waals surface area contributed by atoms with E-state index in [-0.39, 0.29) is 36.5 Å². The fourth-order valence-corrected chi connectivity index (χ4v) is 1.63. The van der Waals surface area contributed by atoms with Gasteiger partial charge in [-0.1, -0.05) is 13.0 Å². The smallest absolute Gasteiger partial charge is 0.237 e. The molecule has 0 aromatic heterocycles. The van der Waals surface area contributed by atoms with Crippen LogP contribution in [0.5, 0.6) is 11.5 Å². The summed E-state index contributed by atoms with van der Waals surface area (Å²) in [5.74, 6) is -0.812. The number of aliphatic hydroxyl groups excluding tert-OH is 1. The van der Waals surface area contributed by atoms with E-state index in [0.29, 0.717) is 12.0 Å². The number of hydrogen-bond donors (Lipinski definition) is 5. The second kappa shape index (κ2) is 6.96. The van der Waals surface area contributed by atoms with Crippen LogP contribution in [0.2, 0.25) is 0 Å². The lowest BCUT2D eigenvalue weighted by molar-refractivity contribution is -0.123. The third-order valence-electron chi connectivity index (χ3n) is 2.89. The van der Waals surface area contributed by atoms with Crippen molar-refractivity contribution in [3.8, 4) is 11.5 Å². The molecule has 0 spiro atoms. The van der Waals surface area contributed by atoms with Crippen molar-refractivity contribution in [3.05, 3.63) is 23.8 Å². The van der Waals surface area contributed by atoms with Gasteiger partial charge in [0.15, 0.2) is 11.5 Å². The number of aliphatic hydroxyl groups is 1. The predicted molar refractivity (Wildman–Crippen MR) is 70.8 cm³/mol. The molecule has 1 aromatic carbocycles. The molecular formula is C13H20N2O4. The number of phenols is 2. The molecule has 1 aromatic rings. The first-order valence-corrected chi connectivity index (χ1v) is 6.15. The molecule has 106 valence electrons. The van der Waals surface area contributed by atoms with E-state index >= 15 is 0 Å². The number of benzene rings is 1. The number of carbonyl (C=O) groups is 1. The van der Waals surface area contributed by atoms with Crippen molar-refractivity contribution in [2.45, 2.75) is 31.8 Å². The Morgan fingerprint density at radius 1 is 1.37 bits per heavy atom. The van der Waals surface area contributed by atoms with Crippen LogP contribution in [0.15, 0.2) is 18.2 Å². The Labute approximate surface area is 111 Å². The van der Waals surface area contributed by atoms with Crippen LogP contribution in [0.3, 0.4) is 0 Å². The zero-order valence-electron chi connectivity index (χ0n) is 10.8. The quantitative estimate of drug-likeness (QED) is 0.460. The highest BCUT2D eigenvalue weighted by Crippen LogP contribution is 2.25. The van der Waals surface area contributed by atoms with Crippen molar-refractivity contribution < 1.29 is 20.1 Å². The highest BCUT2D eigenvalue weighted by Gasteiger charge is 2.17. The molecule has 0 aliphatic rings. The van der Waals surface area contributed by atoms with Gasteiger partial charge < -0.3 is 26.4 Å². The average molecular weight is 268 g/mol. The first kappa shape index (κ1) is 15.3. The summed E-state index contributed by atoms with van der Waals surface area (Å²) in [6.07, 6.45) is 0.858. The number of rotatable bonds is 6. The van der Waals surface area contributed by atoms with Crippen LogP contribution in [-0.2, 0) is 11.2 Å². The molecule has 6 N–H and O–H groups in total. The predicted octanol–water partition coefficient (Wildman–Crippen LogP) is -0.145. The average Bonchev–Trinajstić information content (AvgIpc) is 2.39. The summed E-state index contributed by atoms with van der Waals surface area (Å²) in [6.45, 7) is 1.72. The molecule has 0 radical (unpaired) electrons. The highest BCUT2D eigenvalue weighted by atomic mass is 16.3. The van der Waals surface area contributed by atoms with Gasteiger partial charge in [-0.15, -0.1) is 0 Å². The van der Waals surface area contributed by atoms with Crippen LogP contribution < -0.4 is 11.1 Å². The van der Waals surface area contributed by atoms with Crippen molar-refractivity contribution >= 4 is 5.91 Å². The summed E-state index contributed by atoms with van der Waals surface area (Å²) in [6, 6.07) is 3.23. The third-order valence-corrected chi connectivity index (χ3v) is 2.89. The molecule has 6 heteroatoms. The minimum absolute atomic E-state index is 0.130. The number of carbonyl (C=O) groups excluding carboxylic acids is 1. The topological polar surface area (TPSA) is 116 Å². The molecular weight excluding hydrogens is 248 g/mol. The lowest BCUT2D eigenvalue weighted by atomic mass is 10.0. The lowest BCUT2D eigenvalue weighted by Gasteiger charge is -2.18. The largest absolute Gasteiger partial charge is 0.504 e. The van der Waals surface area contributed by atoms with Gasteiger partial charge in [0.1, 0.15) is 0 Å². The molecule has 1 rings (SSSR count). The fourth-order valence-electron chi connectivity index (χ4n) is 1.63. The minimum atomic E-state index is -0.774. The van der Waals surface area contributed by atoms with Gasteiger partial charge in [0.05, 0.1) is 18.7 Å². The molecule has 0 saturated carbocycles. The molecule has 0 aliphatic carbocycles. The number of nitrogens with two attached hydrogens (primary N) is 1. The van der Waals surface area contributed by atoms with E-state index in [1.165, 1.54) is 12.1 Å². The van der Waals surface area contributed by atoms with E-state index in [1.807, 2.05) is 6.92 Å². The number of phenolic OH excluding ortho intramolecular Hbond substituents is 2. The third kappa shape index (κ3) is 4.42. The summed E-state index contributed by atoms with van der Waals surface area (Å²) in [7, 11) is 0. The van der Waals surface area contributed by atoms with Crippen molar-refractivity contribution in [2.75, 3.05) is 6.61 Å². The van der Waals surface area contributed by atoms with Gasteiger partial charge in [0.2, 0.25) is 5.91 Å². The van der Waals surface area contributed by atoms with Gasteiger partial charge in [0.25, 0.3) is 0 Å². The van der Waals surface area contributed by atoms with Crippen LogP contribution in [0.25, 0.3) is 0 Å². The number of aromatic hydroxyl groups is 2. The Balaban J connectivity index is 2.60. The monoisotopic (exact) mass is 268 g/mol. The van der Waals surface area contributed by atoms with Crippen molar-refractivity contribution in [3.63, 3.8) is 0 Å². The van der Waals surface area contributed by atoms with Gasteiger partial charge in [-0.05, 0) is 30.5 Å². The highest BCUT2D eigenvalue weighted by molar-refractivity contribution is 5.82.